The van der Waals surface area contributed by atoms with Crippen LogP contribution in [0, 0.1) is 6.92 Å². The summed E-state index contributed by atoms with van der Waals surface area (Å²) in [4.78, 5) is 15.9. The van der Waals surface area contributed by atoms with E-state index in [1.54, 1.807) is 0 Å². The van der Waals surface area contributed by atoms with E-state index in [2.05, 4.69) is 15.6 Å². The molecule has 0 aliphatic heterocycles. The lowest BCUT2D eigenvalue weighted by molar-refractivity contribution is 0.252. The molecule has 4 heteroatoms. The van der Waals surface area contributed by atoms with Crippen molar-refractivity contribution in [2.45, 2.75) is 13.8 Å². The van der Waals surface area contributed by atoms with Crippen molar-refractivity contribution in [2.75, 3.05) is 11.9 Å². The van der Waals surface area contributed by atoms with E-state index in [4.69, 9.17) is 0 Å². The Kier molecular flexibility index (Phi) is 3.23. The number of hydrogen-bond acceptors (Lipinski definition) is 2. The van der Waals surface area contributed by atoms with Gasteiger partial charge in [0.1, 0.15) is 0 Å². The molecule has 2 N–H and O–H groups in total. The Morgan fingerprint density at radius 1 is 1.35 bits per heavy atom. The van der Waals surface area contributed by atoms with Gasteiger partial charge in [0, 0.05) is 17.6 Å². The fourth-order valence-electron chi connectivity index (χ4n) is 1.74. The number of pyridine rings is 1. The van der Waals surface area contributed by atoms with Crippen molar-refractivity contribution in [2.24, 2.45) is 0 Å². The molecule has 0 spiro atoms. The Morgan fingerprint density at radius 2 is 2.12 bits per heavy atom. The van der Waals surface area contributed by atoms with Crippen LogP contribution in [0.1, 0.15) is 12.6 Å². The van der Waals surface area contributed by atoms with Crippen LogP contribution in [0.15, 0.2) is 30.3 Å². The third-order valence-corrected chi connectivity index (χ3v) is 2.43. The van der Waals surface area contributed by atoms with E-state index in [1.165, 1.54) is 0 Å². The fourth-order valence-corrected chi connectivity index (χ4v) is 1.74. The Labute approximate surface area is 100 Å². The maximum Gasteiger partial charge on any atom is 0.319 e. The van der Waals surface area contributed by atoms with Crippen molar-refractivity contribution >= 4 is 22.6 Å². The van der Waals surface area contributed by atoms with E-state index >= 15 is 0 Å². The second-order valence-electron chi connectivity index (χ2n) is 3.81. The number of amides is 2. The average Bonchev–Trinajstić information content (AvgIpc) is 2.29. The summed E-state index contributed by atoms with van der Waals surface area (Å²) in [6, 6.07) is 9.43. The molecule has 17 heavy (non-hydrogen) atoms. The van der Waals surface area contributed by atoms with Gasteiger partial charge < -0.3 is 10.6 Å². The standard InChI is InChI=1S/C13H15N3O/c1-3-14-13(17)16-12-8-9(2)15-11-7-5-4-6-10(11)12/h4-8H,3H2,1-2H3,(H2,14,15,16,17). The quantitative estimate of drug-likeness (QED) is 0.831. The van der Waals surface area contributed by atoms with Gasteiger partial charge in [-0.3, -0.25) is 4.98 Å². The highest BCUT2D eigenvalue weighted by Gasteiger charge is 2.06. The Hall–Kier alpha value is -2.10. The number of carbonyl (C=O) groups excluding carboxylic acids is 1. The summed E-state index contributed by atoms with van der Waals surface area (Å²) in [5.41, 5.74) is 2.56. The smallest absolute Gasteiger partial charge is 0.319 e. The molecule has 0 bridgehead atoms. The van der Waals surface area contributed by atoms with Gasteiger partial charge in [-0.25, -0.2) is 4.79 Å². The van der Waals surface area contributed by atoms with Crippen LogP contribution in [0.5, 0.6) is 0 Å². The SMILES string of the molecule is CCNC(=O)Nc1cc(C)nc2ccccc12. The number of carbonyl (C=O) groups is 1. The lowest BCUT2D eigenvalue weighted by Crippen LogP contribution is -2.28. The van der Waals surface area contributed by atoms with Crippen molar-refractivity contribution in [1.29, 1.82) is 0 Å². The molecule has 1 aromatic heterocycles. The highest BCUT2D eigenvalue weighted by Crippen LogP contribution is 2.22. The minimum Gasteiger partial charge on any atom is -0.338 e. The Morgan fingerprint density at radius 3 is 2.88 bits per heavy atom. The van der Waals surface area contributed by atoms with E-state index in [0.717, 1.165) is 22.3 Å². The summed E-state index contributed by atoms with van der Waals surface area (Å²) in [6.07, 6.45) is 0. The normalized spacial score (nSPS) is 10.2. The molecule has 0 saturated carbocycles. The predicted octanol–water partition coefficient (Wildman–Crippen LogP) is 2.68. The molecule has 88 valence electrons. The molecule has 0 atom stereocenters. The number of nitrogens with one attached hydrogen (secondary N) is 2. The maximum atomic E-state index is 11.5. The van der Waals surface area contributed by atoms with E-state index in [-0.39, 0.29) is 6.03 Å². The molecule has 0 aliphatic carbocycles. The molecule has 1 aromatic carbocycles. The van der Waals surface area contributed by atoms with Crippen molar-refractivity contribution in [3.63, 3.8) is 0 Å². The molecule has 1 heterocycles. The number of urea groups is 1. The Balaban J connectivity index is 2.42. The van der Waals surface area contributed by atoms with Crippen LogP contribution in [-0.2, 0) is 0 Å². The van der Waals surface area contributed by atoms with Crippen LogP contribution in [-0.4, -0.2) is 17.6 Å². The van der Waals surface area contributed by atoms with Gasteiger partial charge in [0.25, 0.3) is 0 Å². The van der Waals surface area contributed by atoms with Crippen LogP contribution < -0.4 is 10.6 Å². The molecule has 0 radical (unpaired) electrons. The van der Waals surface area contributed by atoms with Gasteiger partial charge in [-0.2, -0.15) is 0 Å². The second-order valence-corrected chi connectivity index (χ2v) is 3.81. The van der Waals surface area contributed by atoms with Crippen LogP contribution >= 0.6 is 0 Å². The zero-order chi connectivity index (χ0) is 12.3. The highest BCUT2D eigenvalue weighted by molar-refractivity contribution is 6.00. The zero-order valence-corrected chi connectivity index (χ0v) is 9.95. The summed E-state index contributed by atoms with van der Waals surface area (Å²) >= 11 is 0. The Bertz CT molecular complexity index is 551. The van der Waals surface area contributed by atoms with Gasteiger partial charge >= 0.3 is 6.03 Å². The lowest BCUT2D eigenvalue weighted by atomic mass is 10.1. The first kappa shape index (κ1) is 11.4. The van der Waals surface area contributed by atoms with E-state index in [1.807, 2.05) is 44.2 Å². The summed E-state index contributed by atoms with van der Waals surface area (Å²) in [6.45, 7) is 4.40. The van der Waals surface area contributed by atoms with Crippen molar-refractivity contribution in [3.05, 3.63) is 36.0 Å². The second kappa shape index (κ2) is 4.82. The number of aryl methyl sites for hydroxylation is 1. The van der Waals surface area contributed by atoms with Gasteiger partial charge in [0.05, 0.1) is 11.2 Å². The molecule has 2 aromatic rings. The topological polar surface area (TPSA) is 54.0 Å². The van der Waals surface area contributed by atoms with Crippen molar-refractivity contribution in [1.82, 2.24) is 10.3 Å². The number of nitrogens with zero attached hydrogens (tertiary/aromatic N) is 1. The van der Waals surface area contributed by atoms with E-state index in [9.17, 15) is 4.79 Å². The van der Waals surface area contributed by atoms with Gasteiger partial charge in [-0.1, -0.05) is 18.2 Å². The first-order chi connectivity index (χ1) is 8.20. The molecule has 0 saturated heterocycles. The number of para-hydroxylation sites is 1. The van der Waals surface area contributed by atoms with Gasteiger partial charge in [-0.05, 0) is 26.0 Å². The monoisotopic (exact) mass is 229 g/mol. The molecular formula is C13H15N3O. The first-order valence-electron chi connectivity index (χ1n) is 5.62. The van der Waals surface area contributed by atoms with Crippen LogP contribution in [0.25, 0.3) is 10.9 Å². The number of aromatic nitrogens is 1. The minimum absolute atomic E-state index is 0.191. The van der Waals surface area contributed by atoms with Crippen molar-refractivity contribution < 1.29 is 4.79 Å². The molecule has 0 fully saturated rings. The highest BCUT2D eigenvalue weighted by atomic mass is 16.2. The maximum absolute atomic E-state index is 11.5. The van der Waals surface area contributed by atoms with E-state index in [0.29, 0.717) is 6.54 Å². The number of benzene rings is 1. The molecule has 0 unspecified atom stereocenters. The summed E-state index contributed by atoms with van der Waals surface area (Å²) in [7, 11) is 0. The number of fused-ring (bicyclic) bond motifs is 1. The van der Waals surface area contributed by atoms with Crippen LogP contribution in [0.2, 0.25) is 0 Å². The average molecular weight is 229 g/mol. The fraction of sp³-hybridized carbons (Fsp3) is 0.231. The molecular weight excluding hydrogens is 214 g/mol. The lowest BCUT2D eigenvalue weighted by Gasteiger charge is -2.09. The van der Waals surface area contributed by atoms with Gasteiger partial charge in [-0.15, -0.1) is 0 Å². The third kappa shape index (κ3) is 2.53. The van der Waals surface area contributed by atoms with Crippen molar-refractivity contribution in [3.8, 4) is 0 Å². The van der Waals surface area contributed by atoms with Crippen LogP contribution in [0.3, 0.4) is 0 Å². The molecule has 2 rings (SSSR count). The largest absolute Gasteiger partial charge is 0.338 e. The summed E-state index contributed by atoms with van der Waals surface area (Å²) in [5.74, 6) is 0. The van der Waals surface area contributed by atoms with Crippen LogP contribution in [0.4, 0.5) is 10.5 Å². The molecule has 2 amide bonds. The summed E-state index contributed by atoms with van der Waals surface area (Å²) in [5, 5.41) is 6.49. The first-order valence-corrected chi connectivity index (χ1v) is 5.62. The van der Waals surface area contributed by atoms with E-state index < -0.39 is 0 Å². The zero-order valence-electron chi connectivity index (χ0n) is 9.95. The van der Waals surface area contributed by atoms with Gasteiger partial charge in [0.15, 0.2) is 0 Å². The molecule has 0 aliphatic rings. The number of rotatable bonds is 2. The predicted molar refractivity (Wildman–Crippen MR) is 69.2 cm³/mol. The van der Waals surface area contributed by atoms with Gasteiger partial charge in [0.2, 0.25) is 0 Å². The minimum atomic E-state index is -0.191. The number of hydrogen-bond donors (Lipinski definition) is 2. The molecule has 4 nitrogen and oxygen atoms in total. The third-order valence-electron chi connectivity index (χ3n) is 2.43. The number of anilines is 1. The summed E-state index contributed by atoms with van der Waals surface area (Å²) < 4.78 is 0.